The molecule has 0 amide bonds. The fourth-order valence-electron chi connectivity index (χ4n) is 3.31. The van der Waals surface area contributed by atoms with Gasteiger partial charge >= 0.3 is 5.96 Å². The normalized spacial score (nSPS) is 20.7. The van der Waals surface area contributed by atoms with Crippen LogP contribution in [0.25, 0.3) is 0 Å². The molecule has 0 aromatic carbocycles. The Kier molecular flexibility index (Phi) is 5.88. The Labute approximate surface area is 129 Å². The van der Waals surface area contributed by atoms with Crippen LogP contribution in [0.2, 0.25) is 0 Å². The lowest BCUT2D eigenvalue weighted by Gasteiger charge is -2.19. The lowest BCUT2D eigenvalue weighted by molar-refractivity contribution is -0.471. The predicted octanol–water partition coefficient (Wildman–Crippen LogP) is 1.60. The van der Waals surface area contributed by atoms with Gasteiger partial charge in [0.15, 0.2) is 0 Å². The summed E-state index contributed by atoms with van der Waals surface area (Å²) in [4.78, 5) is 7.06. The molecule has 2 N–H and O–H groups in total. The van der Waals surface area contributed by atoms with E-state index in [1.54, 1.807) is 0 Å². The first-order valence-corrected chi connectivity index (χ1v) is 8.39. The molecule has 2 saturated carbocycles. The predicted molar refractivity (Wildman–Crippen MR) is 89.0 cm³/mol. The fourth-order valence-corrected chi connectivity index (χ4v) is 3.31. The molecule has 5 heteroatoms. The Morgan fingerprint density at radius 1 is 1.00 bits per heavy atom. The van der Waals surface area contributed by atoms with E-state index < -0.39 is 0 Å². The maximum atomic E-state index is 4.96. The van der Waals surface area contributed by atoms with E-state index in [1.807, 2.05) is 0 Å². The summed E-state index contributed by atoms with van der Waals surface area (Å²) < 4.78 is 2.10. The molecule has 0 radical (unpaired) electrons. The molecule has 2 aliphatic rings. The fraction of sp³-hybridized carbons (Fsp3) is 0.875. The molecular weight excluding hydrogens is 262 g/mol. The van der Waals surface area contributed by atoms with Gasteiger partial charge in [0.25, 0.3) is 5.96 Å². The number of aliphatic imine (C=N–C) groups is 1. The number of nitrogens with zero attached hydrogens (tertiary/aromatic N) is 3. The lowest BCUT2D eigenvalue weighted by atomic mass is 10.2. The zero-order chi connectivity index (χ0) is 15.2. The minimum absolute atomic E-state index is 0.493. The van der Waals surface area contributed by atoms with Crippen LogP contribution in [-0.4, -0.2) is 61.7 Å². The summed E-state index contributed by atoms with van der Waals surface area (Å²) in [5, 5.41) is 7.16. The van der Waals surface area contributed by atoms with Gasteiger partial charge in [-0.2, -0.15) is 0 Å². The topological polar surface area (TPSA) is 42.7 Å². The molecule has 120 valence electrons. The van der Waals surface area contributed by atoms with Crippen LogP contribution >= 0.6 is 0 Å². The van der Waals surface area contributed by atoms with E-state index in [2.05, 4.69) is 48.3 Å². The van der Waals surface area contributed by atoms with Crippen LogP contribution < -0.4 is 10.6 Å². The molecule has 0 unspecified atom stereocenters. The largest absolute Gasteiger partial charge is 0.354 e. The van der Waals surface area contributed by atoms with Gasteiger partial charge in [-0.05, 0) is 25.7 Å². The van der Waals surface area contributed by atoms with Crippen LogP contribution in [0.4, 0.5) is 0 Å². The van der Waals surface area contributed by atoms with Gasteiger partial charge in [-0.1, -0.05) is 25.7 Å². The van der Waals surface area contributed by atoms with Crippen molar-refractivity contribution in [2.24, 2.45) is 4.99 Å². The summed E-state index contributed by atoms with van der Waals surface area (Å²) in [5.74, 6) is 2.03. The average molecular weight is 294 g/mol. The van der Waals surface area contributed by atoms with Gasteiger partial charge in [-0.15, -0.1) is 0 Å². The summed E-state index contributed by atoms with van der Waals surface area (Å²) in [5.41, 5.74) is 0. The second-order valence-corrected chi connectivity index (χ2v) is 6.78. The molecule has 0 atom stereocenters. The SMILES string of the molecule is CN(C)C(NC(=NC1CCCC1)NC1CCCC1)=[N+](C)C. The Morgan fingerprint density at radius 2 is 1.57 bits per heavy atom. The molecule has 21 heavy (non-hydrogen) atoms. The number of nitrogens with one attached hydrogen (secondary N) is 2. The van der Waals surface area contributed by atoms with E-state index in [9.17, 15) is 0 Å². The first-order chi connectivity index (χ1) is 10.1. The highest BCUT2D eigenvalue weighted by Crippen LogP contribution is 2.21. The zero-order valence-corrected chi connectivity index (χ0v) is 14.2. The minimum atomic E-state index is 0.493. The van der Waals surface area contributed by atoms with E-state index in [4.69, 9.17) is 4.99 Å². The van der Waals surface area contributed by atoms with Gasteiger partial charge in [0.05, 0.1) is 34.2 Å². The van der Waals surface area contributed by atoms with Crippen molar-refractivity contribution < 1.29 is 4.58 Å². The summed E-state index contributed by atoms with van der Waals surface area (Å²) in [6.45, 7) is 0. The van der Waals surface area contributed by atoms with Crippen LogP contribution in [0, 0.1) is 0 Å². The summed E-state index contributed by atoms with van der Waals surface area (Å²) in [6.07, 6.45) is 10.3. The average Bonchev–Trinajstić information content (AvgIpc) is 3.08. The van der Waals surface area contributed by atoms with E-state index in [-0.39, 0.29) is 0 Å². The molecule has 2 fully saturated rings. The first kappa shape index (κ1) is 16.1. The quantitative estimate of drug-likeness (QED) is 0.462. The minimum Gasteiger partial charge on any atom is -0.340 e. The molecule has 0 spiro atoms. The van der Waals surface area contributed by atoms with Crippen LogP contribution in [0.5, 0.6) is 0 Å². The Morgan fingerprint density at radius 3 is 2.10 bits per heavy atom. The Bertz CT molecular complexity index is 383. The van der Waals surface area contributed by atoms with Crippen molar-refractivity contribution in [2.45, 2.75) is 63.5 Å². The standard InChI is InChI=1S/C16H31N5/c1-20(2)16(21(3)4)19-15(17-13-9-5-6-10-13)18-14-11-7-8-12-14/h13-14H,5-12H2,1-4H3,(H,17,18)/p+1. The van der Waals surface area contributed by atoms with Crippen molar-refractivity contribution >= 4 is 11.9 Å². The van der Waals surface area contributed by atoms with Crippen molar-refractivity contribution in [2.75, 3.05) is 28.2 Å². The molecule has 0 heterocycles. The summed E-state index contributed by atoms with van der Waals surface area (Å²) >= 11 is 0. The van der Waals surface area contributed by atoms with Crippen molar-refractivity contribution in [3.8, 4) is 0 Å². The third-order valence-electron chi connectivity index (χ3n) is 4.41. The number of hydrogen-bond acceptors (Lipinski definition) is 1. The van der Waals surface area contributed by atoms with Gasteiger partial charge in [-0.3, -0.25) is 9.48 Å². The van der Waals surface area contributed by atoms with Gasteiger partial charge in [-0.25, -0.2) is 10.3 Å². The zero-order valence-electron chi connectivity index (χ0n) is 14.2. The number of hydrogen-bond donors (Lipinski definition) is 2. The van der Waals surface area contributed by atoms with E-state index >= 15 is 0 Å². The third-order valence-corrected chi connectivity index (χ3v) is 4.41. The Balaban J connectivity index is 2.08. The summed E-state index contributed by atoms with van der Waals surface area (Å²) in [6, 6.07) is 1.08. The monoisotopic (exact) mass is 294 g/mol. The van der Waals surface area contributed by atoms with Crippen molar-refractivity contribution in [3.05, 3.63) is 0 Å². The van der Waals surface area contributed by atoms with Crippen LogP contribution in [0.15, 0.2) is 4.99 Å². The highest BCUT2D eigenvalue weighted by Gasteiger charge is 2.23. The van der Waals surface area contributed by atoms with Gasteiger partial charge < -0.3 is 5.32 Å². The second kappa shape index (κ2) is 7.66. The first-order valence-electron chi connectivity index (χ1n) is 8.39. The molecule has 5 nitrogen and oxygen atoms in total. The highest BCUT2D eigenvalue weighted by molar-refractivity contribution is 5.96. The van der Waals surface area contributed by atoms with Gasteiger partial charge in [0.1, 0.15) is 0 Å². The molecule has 0 bridgehead atoms. The second-order valence-electron chi connectivity index (χ2n) is 6.78. The molecule has 2 aliphatic carbocycles. The lowest BCUT2D eigenvalue weighted by Crippen LogP contribution is -2.52. The summed E-state index contributed by atoms with van der Waals surface area (Å²) in [7, 11) is 8.24. The maximum Gasteiger partial charge on any atom is 0.354 e. The van der Waals surface area contributed by atoms with Crippen molar-refractivity contribution in [1.82, 2.24) is 15.5 Å². The van der Waals surface area contributed by atoms with E-state index in [0.29, 0.717) is 12.1 Å². The highest BCUT2D eigenvalue weighted by atomic mass is 15.4. The Hall–Kier alpha value is -1.26. The van der Waals surface area contributed by atoms with Crippen LogP contribution in [0.3, 0.4) is 0 Å². The molecule has 0 aromatic rings. The molecule has 0 saturated heterocycles. The van der Waals surface area contributed by atoms with Crippen LogP contribution in [0.1, 0.15) is 51.4 Å². The molecular formula is C16H32N5+. The van der Waals surface area contributed by atoms with E-state index in [0.717, 1.165) is 11.9 Å². The molecule has 0 aliphatic heterocycles. The maximum absolute atomic E-state index is 4.96. The van der Waals surface area contributed by atoms with Crippen LogP contribution in [-0.2, 0) is 0 Å². The van der Waals surface area contributed by atoms with Gasteiger partial charge in [0, 0.05) is 6.04 Å². The van der Waals surface area contributed by atoms with Gasteiger partial charge in [0.2, 0.25) is 0 Å². The molecule has 2 rings (SSSR count). The molecule has 0 aromatic heterocycles. The van der Waals surface area contributed by atoms with Crippen molar-refractivity contribution in [1.29, 1.82) is 0 Å². The van der Waals surface area contributed by atoms with Crippen molar-refractivity contribution in [3.63, 3.8) is 0 Å². The van der Waals surface area contributed by atoms with E-state index in [1.165, 1.54) is 51.4 Å². The number of guanidine groups is 2. The smallest absolute Gasteiger partial charge is 0.340 e. The third kappa shape index (κ3) is 4.90. The number of rotatable bonds is 2.